The number of nitrogens with one attached hydrogen (secondary N) is 3. The number of primary amides is 1. The number of amides is 4. The lowest BCUT2D eigenvalue weighted by Crippen LogP contribution is -2.57. The predicted molar refractivity (Wildman–Crippen MR) is 127 cm³/mol. The molecule has 1 aromatic carbocycles. The average Bonchev–Trinajstić information content (AvgIpc) is 3.54. The Kier molecular flexibility index (Phi) is 9.23. The van der Waals surface area contributed by atoms with Crippen LogP contribution in [0.5, 0.6) is 5.75 Å². The number of phenols is 1. The van der Waals surface area contributed by atoms with Crippen molar-refractivity contribution >= 4 is 29.6 Å². The van der Waals surface area contributed by atoms with Crippen molar-refractivity contribution in [1.29, 1.82) is 0 Å². The van der Waals surface area contributed by atoms with Crippen molar-refractivity contribution in [2.75, 3.05) is 13.1 Å². The normalized spacial score (nSPS) is 20.9. The molecular weight excluding hydrogens is 470 g/mol. The second-order valence-corrected chi connectivity index (χ2v) is 9.17. The highest BCUT2D eigenvalue weighted by Crippen LogP contribution is 2.21. The van der Waals surface area contributed by atoms with Crippen LogP contribution in [0.2, 0.25) is 0 Å². The van der Waals surface area contributed by atoms with Crippen LogP contribution in [0, 0.1) is 0 Å². The summed E-state index contributed by atoms with van der Waals surface area (Å²) < 4.78 is 0. The van der Waals surface area contributed by atoms with E-state index in [2.05, 4.69) is 16.0 Å². The minimum atomic E-state index is -1.24. The Balaban J connectivity index is 1.68. The molecule has 0 bridgehead atoms. The first-order valence-electron chi connectivity index (χ1n) is 12.1. The maximum absolute atomic E-state index is 13.4. The van der Waals surface area contributed by atoms with Crippen molar-refractivity contribution in [2.45, 2.75) is 69.1 Å². The number of nitrogens with zero attached hydrogens (tertiary/aromatic N) is 1. The summed E-state index contributed by atoms with van der Waals surface area (Å²) in [5.74, 6) is -3.28. The van der Waals surface area contributed by atoms with Crippen molar-refractivity contribution in [3.05, 3.63) is 29.8 Å². The molecule has 4 atom stereocenters. The number of rotatable bonds is 11. The molecule has 0 radical (unpaired) electrons. The van der Waals surface area contributed by atoms with E-state index in [1.165, 1.54) is 17.0 Å². The van der Waals surface area contributed by atoms with E-state index >= 15 is 0 Å². The van der Waals surface area contributed by atoms with Crippen molar-refractivity contribution in [1.82, 2.24) is 20.9 Å². The fourth-order valence-corrected chi connectivity index (χ4v) is 4.56. The summed E-state index contributed by atoms with van der Waals surface area (Å²) in [6.45, 7) is 0.957. The molecule has 2 aliphatic heterocycles. The van der Waals surface area contributed by atoms with Gasteiger partial charge in [0.15, 0.2) is 0 Å². The zero-order valence-corrected chi connectivity index (χ0v) is 19.9. The molecule has 0 aromatic heterocycles. The number of aliphatic carboxylic acids is 1. The lowest BCUT2D eigenvalue weighted by atomic mass is 10.0. The standard InChI is InChI=1S/C24H33N5O7/c25-20(31)10-9-17(27-21(32)16-3-1-11-26-16)23(34)29-12-2-4-19(29)22(33)28-18(24(35)36)13-14-5-7-15(30)8-6-14/h5-8,16-19,26,30H,1-4,9-13H2,(H2,25,31)(H,27,32)(H,28,33)(H,35,36). The van der Waals surface area contributed by atoms with Crippen LogP contribution in [0.25, 0.3) is 0 Å². The maximum atomic E-state index is 13.4. The number of hydrogen-bond donors (Lipinski definition) is 6. The van der Waals surface area contributed by atoms with Crippen LogP contribution in [0.3, 0.4) is 0 Å². The van der Waals surface area contributed by atoms with Gasteiger partial charge in [0.1, 0.15) is 23.9 Å². The molecule has 0 saturated carbocycles. The highest BCUT2D eigenvalue weighted by molar-refractivity contribution is 5.95. The molecule has 2 aliphatic rings. The Morgan fingerprint density at radius 1 is 1.03 bits per heavy atom. The number of carboxylic acids is 1. The van der Waals surface area contributed by atoms with E-state index in [1.54, 1.807) is 12.1 Å². The fourth-order valence-electron chi connectivity index (χ4n) is 4.56. The van der Waals surface area contributed by atoms with Crippen LogP contribution in [-0.2, 0) is 30.4 Å². The van der Waals surface area contributed by atoms with E-state index in [9.17, 15) is 34.2 Å². The van der Waals surface area contributed by atoms with Crippen LogP contribution < -0.4 is 21.7 Å². The number of likely N-dealkylation sites (tertiary alicyclic amines) is 1. The van der Waals surface area contributed by atoms with Gasteiger partial charge in [0, 0.05) is 19.4 Å². The average molecular weight is 504 g/mol. The van der Waals surface area contributed by atoms with E-state index < -0.39 is 47.9 Å². The van der Waals surface area contributed by atoms with Gasteiger partial charge < -0.3 is 36.8 Å². The third-order valence-corrected chi connectivity index (χ3v) is 6.50. The van der Waals surface area contributed by atoms with Crippen molar-refractivity contribution in [3.8, 4) is 5.75 Å². The topological polar surface area (TPSA) is 191 Å². The first kappa shape index (κ1) is 26.9. The third kappa shape index (κ3) is 7.17. The highest BCUT2D eigenvalue weighted by Gasteiger charge is 2.39. The summed E-state index contributed by atoms with van der Waals surface area (Å²) in [7, 11) is 0. The van der Waals surface area contributed by atoms with Crippen molar-refractivity contribution in [2.24, 2.45) is 5.73 Å². The largest absolute Gasteiger partial charge is 0.508 e. The molecule has 12 nitrogen and oxygen atoms in total. The zero-order chi connectivity index (χ0) is 26.2. The van der Waals surface area contributed by atoms with Gasteiger partial charge in [0.05, 0.1) is 6.04 Å². The molecule has 12 heteroatoms. The molecule has 4 amide bonds. The number of hydrogen-bond acceptors (Lipinski definition) is 7. The molecule has 196 valence electrons. The second kappa shape index (κ2) is 12.3. The molecule has 36 heavy (non-hydrogen) atoms. The first-order chi connectivity index (χ1) is 17.2. The van der Waals surface area contributed by atoms with Gasteiger partial charge in [0.2, 0.25) is 23.6 Å². The number of carbonyl (C=O) groups is 5. The maximum Gasteiger partial charge on any atom is 0.326 e. The second-order valence-electron chi connectivity index (χ2n) is 9.17. The van der Waals surface area contributed by atoms with Gasteiger partial charge in [-0.25, -0.2) is 4.79 Å². The van der Waals surface area contributed by atoms with E-state index in [4.69, 9.17) is 5.73 Å². The molecule has 1 aromatic rings. The van der Waals surface area contributed by atoms with E-state index in [0.29, 0.717) is 31.4 Å². The lowest BCUT2D eigenvalue weighted by Gasteiger charge is -2.30. The Labute approximate surface area is 208 Å². The molecule has 2 heterocycles. The number of carbonyl (C=O) groups excluding carboxylic acids is 4. The summed E-state index contributed by atoms with van der Waals surface area (Å²) in [6, 6.07) is 2.37. The summed E-state index contributed by atoms with van der Waals surface area (Å²) in [5.41, 5.74) is 5.86. The molecule has 2 saturated heterocycles. The molecule has 0 aliphatic carbocycles. The van der Waals surface area contributed by atoms with Gasteiger partial charge in [-0.05, 0) is 56.3 Å². The Bertz CT molecular complexity index is 978. The summed E-state index contributed by atoms with van der Waals surface area (Å²) in [4.78, 5) is 63.6. The third-order valence-electron chi connectivity index (χ3n) is 6.50. The predicted octanol–water partition coefficient (Wildman–Crippen LogP) is -1.00. The van der Waals surface area contributed by atoms with E-state index in [-0.39, 0.29) is 37.5 Å². The Morgan fingerprint density at radius 3 is 2.33 bits per heavy atom. The molecule has 7 N–H and O–H groups in total. The van der Waals surface area contributed by atoms with Crippen LogP contribution in [-0.4, -0.2) is 82.0 Å². The monoisotopic (exact) mass is 503 g/mol. The highest BCUT2D eigenvalue weighted by atomic mass is 16.4. The lowest BCUT2D eigenvalue weighted by molar-refractivity contribution is -0.145. The van der Waals surface area contributed by atoms with Gasteiger partial charge >= 0.3 is 5.97 Å². The van der Waals surface area contributed by atoms with Crippen LogP contribution in [0.15, 0.2) is 24.3 Å². The SMILES string of the molecule is NC(=O)CCC(NC(=O)C1CCCN1)C(=O)N1CCCC1C(=O)NC(Cc1ccc(O)cc1)C(=O)O. The van der Waals surface area contributed by atoms with Gasteiger partial charge in [-0.2, -0.15) is 0 Å². The van der Waals surface area contributed by atoms with E-state index in [0.717, 1.165) is 6.42 Å². The first-order valence-corrected chi connectivity index (χ1v) is 12.1. The molecule has 2 fully saturated rings. The molecule has 3 rings (SSSR count). The number of benzene rings is 1. The van der Waals surface area contributed by atoms with Gasteiger partial charge in [-0.3, -0.25) is 19.2 Å². The Hall–Kier alpha value is -3.67. The minimum absolute atomic E-state index is 0.00390. The van der Waals surface area contributed by atoms with Gasteiger partial charge in [-0.1, -0.05) is 12.1 Å². The fraction of sp³-hybridized carbons (Fsp3) is 0.542. The number of phenolic OH excluding ortho intramolecular Hbond substituents is 1. The molecular formula is C24H33N5O7. The number of aromatic hydroxyl groups is 1. The summed E-state index contributed by atoms with van der Waals surface area (Å²) >= 11 is 0. The number of nitrogens with two attached hydrogens (primary N) is 1. The smallest absolute Gasteiger partial charge is 0.326 e. The van der Waals surface area contributed by atoms with Crippen LogP contribution >= 0.6 is 0 Å². The molecule has 0 spiro atoms. The zero-order valence-electron chi connectivity index (χ0n) is 19.9. The molecule has 4 unspecified atom stereocenters. The van der Waals surface area contributed by atoms with Crippen molar-refractivity contribution in [3.63, 3.8) is 0 Å². The Morgan fingerprint density at radius 2 is 1.72 bits per heavy atom. The quantitative estimate of drug-likeness (QED) is 0.221. The minimum Gasteiger partial charge on any atom is -0.508 e. The van der Waals surface area contributed by atoms with E-state index in [1.807, 2.05) is 0 Å². The summed E-state index contributed by atoms with van der Waals surface area (Å²) in [5, 5.41) is 27.3. The van der Waals surface area contributed by atoms with Crippen LogP contribution in [0.4, 0.5) is 0 Å². The summed E-state index contributed by atoms with van der Waals surface area (Å²) in [6.07, 6.45) is 2.21. The van der Waals surface area contributed by atoms with Crippen molar-refractivity contribution < 1.29 is 34.2 Å². The van der Waals surface area contributed by atoms with Crippen LogP contribution in [0.1, 0.15) is 44.1 Å². The number of carboxylic acid groups (broad SMARTS) is 1. The van der Waals surface area contributed by atoms with Gasteiger partial charge in [-0.15, -0.1) is 0 Å². The van der Waals surface area contributed by atoms with Gasteiger partial charge in [0.25, 0.3) is 0 Å².